The van der Waals surface area contributed by atoms with Crippen LogP contribution in [-0.2, 0) is 11.2 Å². The molecule has 2 aromatic carbocycles. The van der Waals surface area contributed by atoms with Crippen molar-refractivity contribution >= 4 is 17.3 Å². The van der Waals surface area contributed by atoms with Crippen LogP contribution >= 0.6 is 0 Å². The summed E-state index contributed by atoms with van der Waals surface area (Å²) in [4.78, 5) is 17.1. The second-order valence-electron chi connectivity index (χ2n) is 6.77. The van der Waals surface area contributed by atoms with Gasteiger partial charge in [-0.1, -0.05) is 19.1 Å². The lowest BCUT2D eigenvalue weighted by atomic mass is 10.1. The Morgan fingerprint density at radius 1 is 1.08 bits per heavy atom. The van der Waals surface area contributed by atoms with Gasteiger partial charge >= 0.3 is 0 Å². The lowest BCUT2D eigenvalue weighted by Gasteiger charge is -2.35. The van der Waals surface area contributed by atoms with Crippen molar-refractivity contribution in [2.45, 2.75) is 20.3 Å². The van der Waals surface area contributed by atoms with Crippen molar-refractivity contribution in [2.75, 3.05) is 42.9 Å². The molecule has 3 rings (SSSR count). The van der Waals surface area contributed by atoms with Crippen molar-refractivity contribution in [3.63, 3.8) is 0 Å². The van der Waals surface area contributed by atoms with E-state index >= 15 is 0 Å². The topological polar surface area (TPSA) is 35.6 Å². The molecule has 1 N–H and O–H groups in total. The summed E-state index contributed by atoms with van der Waals surface area (Å²) in [5, 5.41) is 2.96. The molecule has 2 aromatic rings. The highest BCUT2D eigenvalue weighted by atomic mass is 19.1. The molecule has 0 aliphatic carbocycles. The van der Waals surface area contributed by atoms with Gasteiger partial charge in [-0.3, -0.25) is 4.79 Å². The molecule has 138 valence electrons. The zero-order valence-corrected chi connectivity index (χ0v) is 15.5. The number of hydrogen-bond acceptors (Lipinski definition) is 3. The molecule has 1 fully saturated rings. The SMILES string of the molecule is CCN1CCN(c2ccc(NC(=O)Cc3ccc(F)cc3)c(C)c2)CC1. The van der Waals surface area contributed by atoms with Gasteiger partial charge in [0.1, 0.15) is 5.82 Å². The van der Waals surface area contributed by atoms with Crippen LogP contribution in [0.5, 0.6) is 0 Å². The first kappa shape index (κ1) is 18.4. The van der Waals surface area contributed by atoms with Crippen molar-refractivity contribution in [2.24, 2.45) is 0 Å². The van der Waals surface area contributed by atoms with E-state index in [0.717, 1.165) is 49.5 Å². The summed E-state index contributed by atoms with van der Waals surface area (Å²) in [6.07, 6.45) is 0.237. The third kappa shape index (κ3) is 4.61. The summed E-state index contributed by atoms with van der Waals surface area (Å²) >= 11 is 0. The van der Waals surface area contributed by atoms with Crippen LogP contribution in [-0.4, -0.2) is 43.5 Å². The number of amides is 1. The second-order valence-corrected chi connectivity index (χ2v) is 6.77. The maximum Gasteiger partial charge on any atom is 0.228 e. The molecular formula is C21H26FN3O. The van der Waals surface area contributed by atoms with E-state index in [4.69, 9.17) is 0 Å². The summed E-state index contributed by atoms with van der Waals surface area (Å²) in [5.41, 5.74) is 3.88. The average Bonchev–Trinajstić information content (AvgIpc) is 2.65. The van der Waals surface area contributed by atoms with Gasteiger partial charge in [0.2, 0.25) is 5.91 Å². The fourth-order valence-corrected chi connectivity index (χ4v) is 3.29. The van der Waals surface area contributed by atoms with Gasteiger partial charge in [0.05, 0.1) is 6.42 Å². The van der Waals surface area contributed by atoms with Crippen molar-refractivity contribution < 1.29 is 9.18 Å². The van der Waals surface area contributed by atoms with Gasteiger partial charge in [0, 0.05) is 37.6 Å². The average molecular weight is 355 g/mol. The predicted octanol–water partition coefficient (Wildman–Crippen LogP) is 3.46. The molecule has 1 saturated heterocycles. The number of anilines is 2. The first-order chi connectivity index (χ1) is 12.5. The number of nitrogens with zero attached hydrogens (tertiary/aromatic N) is 2. The molecule has 1 aliphatic heterocycles. The number of carbonyl (C=O) groups excluding carboxylic acids is 1. The van der Waals surface area contributed by atoms with Gasteiger partial charge in [-0.2, -0.15) is 0 Å². The molecule has 1 heterocycles. The standard InChI is InChI=1S/C21H26FN3O/c1-3-24-10-12-25(13-11-24)19-8-9-20(16(2)14-19)23-21(26)15-17-4-6-18(22)7-5-17/h4-9,14H,3,10-13,15H2,1-2H3,(H,23,26). The molecule has 0 aromatic heterocycles. The molecule has 4 nitrogen and oxygen atoms in total. The number of rotatable bonds is 5. The molecule has 5 heteroatoms. The summed E-state index contributed by atoms with van der Waals surface area (Å²) in [5.74, 6) is -0.385. The first-order valence-corrected chi connectivity index (χ1v) is 9.17. The molecule has 0 atom stereocenters. The summed E-state index contributed by atoms with van der Waals surface area (Å²) in [7, 11) is 0. The molecule has 0 unspecified atom stereocenters. The van der Waals surface area contributed by atoms with Crippen molar-refractivity contribution in [3.8, 4) is 0 Å². The largest absolute Gasteiger partial charge is 0.369 e. The van der Waals surface area contributed by atoms with Gasteiger partial charge in [-0.15, -0.1) is 0 Å². The smallest absolute Gasteiger partial charge is 0.228 e. The lowest BCUT2D eigenvalue weighted by Crippen LogP contribution is -2.46. The maximum atomic E-state index is 12.9. The Kier molecular flexibility index (Phi) is 5.89. The minimum absolute atomic E-state index is 0.0935. The van der Waals surface area contributed by atoms with Crippen LogP contribution in [0.3, 0.4) is 0 Å². The lowest BCUT2D eigenvalue weighted by molar-refractivity contribution is -0.115. The summed E-state index contributed by atoms with van der Waals surface area (Å²) in [6.45, 7) is 9.55. The van der Waals surface area contributed by atoms with Crippen LogP contribution in [0.4, 0.5) is 15.8 Å². The maximum absolute atomic E-state index is 12.9. The molecule has 0 saturated carbocycles. The second kappa shape index (κ2) is 8.32. The van der Waals surface area contributed by atoms with Crippen LogP contribution in [0.25, 0.3) is 0 Å². The Bertz CT molecular complexity index is 752. The zero-order valence-electron chi connectivity index (χ0n) is 15.5. The number of benzene rings is 2. The third-order valence-corrected chi connectivity index (χ3v) is 4.95. The highest BCUT2D eigenvalue weighted by Gasteiger charge is 2.16. The number of nitrogens with one attached hydrogen (secondary N) is 1. The Labute approximate surface area is 154 Å². The minimum Gasteiger partial charge on any atom is -0.369 e. The van der Waals surface area contributed by atoms with E-state index in [1.807, 2.05) is 13.0 Å². The fraction of sp³-hybridized carbons (Fsp3) is 0.381. The van der Waals surface area contributed by atoms with Gasteiger partial charge in [0.15, 0.2) is 0 Å². The van der Waals surface area contributed by atoms with Gasteiger partial charge in [-0.05, 0) is 54.9 Å². The van der Waals surface area contributed by atoms with Crippen LogP contribution in [0.1, 0.15) is 18.1 Å². The highest BCUT2D eigenvalue weighted by molar-refractivity contribution is 5.93. The van der Waals surface area contributed by atoms with Gasteiger partial charge in [-0.25, -0.2) is 4.39 Å². The molecule has 0 radical (unpaired) electrons. The quantitative estimate of drug-likeness (QED) is 0.892. The predicted molar refractivity (Wildman–Crippen MR) is 104 cm³/mol. The first-order valence-electron chi connectivity index (χ1n) is 9.17. The normalized spacial score (nSPS) is 15.1. The Morgan fingerprint density at radius 2 is 1.77 bits per heavy atom. The molecule has 26 heavy (non-hydrogen) atoms. The van der Waals surface area contributed by atoms with E-state index in [0.29, 0.717) is 0 Å². The summed E-state index contributed by atoms with van der Waals surface area (Å²) < 4.78 is 12.9. The van der Waals surface area contributed by atoms with Crippen LogP contribution in [0, 0.1) is 12.7 Å². The minimum atomic E-state index is -0.291. The van der Waals surface area contributed by atoms with Crippen LogP contribution in [0.15, 0.2) is 42.5 Å². The number of piperazine rings is 1. The molecule has 1 amide bonds. The third-order valence-electron chi connectivity index (χ3n) is 4.95. The van der Waals surface area contributed by atoms with E-state index in [2.05, 4.69) is 34.2 Å². The van der Waals surface area contributed by atoms with Gasteiger partial charge < -0.3 is 15.1 Å². The fourth-order valence-electron chi connectivity index (χ4n) is 3.29. The zero-order chi connectivity index (χ0) is 18.5. The van der Waals surface area contributed by atoms with E-state index in [9.17, 15) is 9.18 Å². The number of hydrogen-bond donors (Lipinski definition) is 1. The Morgan fingerprint density at radius 3 is 2.38 bits per heavy atom. The number of halogens is 1. The van der Waals surface area contributed by atoms with E-state index < -0.39 is 0 Å². The van der Waals surface area contributed by atoms with Crippen LogP contribution < -0.4 is 10.2 Å². The number of carbonyl (C=O) groups is 1. The molecule has 0 spiro atoms. The highest BCUT2D eigenvalue weighted by Crippen LogP contribution is 2.24. The van der Waals surface area contributed by atoms with Crippen molar-refractivity contribution in [1.29, 1.82) is 0 Å². The van der Waals surface area contributed by atoms with Gasteiger partial charge in [0.25, 0.3) is 0 Å². The Hall–Kier alpha value is -2.40. The van der Waals surface area contributed by atoms with E-state index in [1.54, 1.807) is 12.1 Å². The van der Waals surface area contributed by atoms with Crippen molar-refractivity contribution in [1.82, 2.24) is 4.90 Å². The van der Waals surface area contributed by atoms with Crippen LogP contribution in [0.2, 0.25) is 0 Å². The summed E-state index contributed by atoms with van der Waals surface area (Å²) in [6, 6.07) is 12.2. The van der Waals surface area contributed by atoms with E-state index in [1.165, 1.54) is 17.8 Å². The molecule has 0 bridgehead atoms. The Balaban J connectivity index is 1.60. The number of likely N-dealkylation sites (N-methyl/N-ethyl adjacent to an activating group) is 1. The van der Waals surface area contributed by atoms with E-state index in [-0.39, 0.29) is 18.1 Å². The van der Waals surface area contributed by atoms with Crippen molar-refractivity contribution in [3.05, 3.63) is 59.4 Å². The molecular weight excluding hydrogens is 329 g/mol. The monoisotopic (exact) mass is 355 g/mol. The molecule has 1 aliphatic rings. The number of aryl methyl sites for hydroxylation is 1.